The summed E-state index contributed by atoms with van der Waals surface area (Å²) in [5, 5.41) is 2.77. The molecule has 0 aromatic heterocycles. The maximum Gasteiger partial charge on any atom is 0.338 e. The summed E-state index contributed by atoms with van der Waals surface area (Å²) in [7, 11) is 0. The van der Waals surface area contributed by atoms with Crippen LogP contribution in [-0.4, -0.2) is 56.1 Å². The van der Waals surface area contributed by atoms with Gasteiger partial charge in [0, 0.05) is 37.6 Å². The number of hydrogen-bond donors (Lipinski definition) is 1. The molecule has 0 unspecified atom stereocenters. The SMILES string of the molecule is CCN1CCN(c2ccc(NC(=O)COC(=O)c3ccccc3C)cc2)CC1. The predicted molar refractivity (Wildman–Crippen MR) is 111 cm³/mol. The smallest absolute Gasteiger partial charge is 0.338 e. The van der Waals surface area contributed by atoms with E-state index in [0.29, 0.717) is 11.3 Å². The lowest BCUT2D eigenvalue weighted by Gasteiger charge is -2.35. The van der Waals surface area contributed by atoms with Crippen molar-refractivity contribution in [2.75, 3.05) is 49.5 Å². The molecule has 0 aliphatic carbocycles. The molecule has 1 amide bonds. The molecule has 6 heteroatoms. The van der Waals surface area contributed by atoms with Gasteiger partial charge in [0.1, 0.15) is 0 Å². The first-order chi connectivity index (χ1) is 13.6. The van der Waals surface area contributed by atoms with Gasteiger partial charge < -0.3 is 19.9 Å². The standard InChI is InChI=1S/C22H27N3O3/c1-3-24-12-14-25(15-13-24)19-10-8-18(9-11-19)23-21(26)16-28-22(27)20-7-5-4-6-17(20)2/h4-11H,3,12-16H2,1-2H3,(H,23,26). The van der Waals surface area contributed by atoms with Crippen molar-refractivity contribution in [2.24, 2.45) is 0 Å². The molecular weight excluding hydrogens is 354 g/mol. The molecule has 148 valence electrons. The van der Waals surface area contributed by atoms with Gasteiger partial charge in [-0.2, -0.15) is 0 Å². The van der Waals surface area contributed by atoms with Crippen LogP contribution in [0.3, 0.4) is 0 Å². The second kappa shape index (κ2) is 9.37. The number of carbonyl (C=O) groups excluding carboxylic acids is 2. The van der Waals surface area contributed by atoms with Gasteiger partial charge in [-0.25, -0.2) is 4.79 Å². The van der Waals surface area contributed by atoms with Crippen molar-refractivity contribution in [3.8, 4) is 0 Å². The Balaban J connectivity index is 1.48. The Bertz CT molecular complexity index is 812. The second-order valence-electron chi connectivity index (χ2n) is 6.91. The normalized spacial score (nSPS) is 14.6. The molecular formula is C22H27N3O3. The third-order valence-electron chi connectivity index (χ3n) is 5.04. The fourth-order valence-electron chi connectivity index (χ4n) is 3.29. The molecule has 28 heavy (non-hydrogen) atoms. The number of carbonyl (C=O) groups is 2. The maximum absolute atomic E-state index is 12.1. The molecule has 0 atom stereocenters. The number of hydrogen-bond acceptors (Lipinski definition) is 5. The minimum absolute atomic E-state index is 0.312. The van der Waals surface area contributed by atoms with Crippen LogP contribution in [0.4, 0.5) is 11.4 Å². The van der Waals surface area contributed by atoms with Crippen molar-refractivity contribution < 1.29 is 14.3 Å². The van der Waals surface area contributed by atoms with E-state index in [1.165, 1.54) is 0 Å². The molecule has 2 aromatic carbocycles. The lowest BCUT2D eigenvalue weighted by atomic mass is 10.1. The number of piperazine rings is 1. The van der Waals surface area contributed by atoms with Crippen LogP contribution < -0.4 is 10.2 Å². The molecule has 3 rings (SSSR count). The van der Waals surface area contributed by atoms with Crippen molar-refractivity contribution in [2.45, 2.75) is 13.8 Å². The number of nitrogens with one attached hydrogen (secondary N) is 1. The molecule has 1 aliphatic rings. The van der Waals surface area contributed by atoms with E-state index in [4.69, 9.17) is 4.74 Å². The van der Waals surface area contributed by atoms with E-state index in [9.17, 15) is 9.59 Å². The number of anilines is 2. The van der Waals surface area contributed by atoms with Gasteiger partial charge in [-0.05, 0) is 49.4 Å². The van der Waals surface area contributed by atoms with Gasteiger partial charge in [0.05, 0.1) is 5.56 Å². The Morgan fingerprint density at radius 2 is 1.68 bits per heavy atom. The minimum atomic E-state index is -0.491. The van der Waals surface area contributed by atoms with Crippen molar-refractivity contribution in [1.29, 1.82) is 0 Å². The molecule has 0 saturated carbocycles. The monoisotopic (exact) mass is 381 g/mol. The highest BCUT2D eigenvalue weighted by molar-refractivity contribution is 5.96. The number of amides is 1. The number of likely N-dealkylation sites (N-methyl/N-ethyl adjacent to an activating group) is 1. The Morgan fingerprint density at radius 1 is 1.00 bits per heavy atom. The van der Waals surface area contributed by atoms with Crippen LogP contribution >= 0.6 is 0 Å². The van der Waals surface area contributed by atoms with Gasteiger partial charge in [0.25, 0.3) is 5.91 Å². The molecule has 1 saturated heterocycles. The summed E-state index contributed by atoms with van der Waals surface area (Å²) in [5.41, 5.74) is 3.14. The number of benzene rings is 2. The average Bonchev–Trinajstić information content (AvgIpc) is 2.73. The number of nitrogens with zero attached hydrogens (tertiary/aromatic N) is 2. The summed E-state index contributed by atoms with van der Waals surface area (Å²) in [6.07, 6.45) is 0. The highest BCUT2D eigenvalue weighted by atomic mass is 16.5. The highest BCUT2D eigenvalue weighted by Gasteiger charge is 2.16. The molecule has 1 heterocycles. The molecule has 0 bridgehead atoms. The average molecular weight is 381 g/mol. The number of rotatable bonds is 6. The Hall–Kier alpha value is -2.86. The first kappa shape index (κ1) is 19.9. The summed E-state index contributed by atoms with van der Waals surface area (Å²) < 4.78 is 5.12. The molecule has 2 aromatic rings. The van der Waals surface area contributed by atoms with E-state index in [1.807, 2.05) is 43.3 Å². The van der Waals surface area contributed by atoms with E-state index >= 15 is 0 Å². The van der Waals surface area contributed by atoms with Crippen LogP contribution in [0.5, 0.6) is 0 Å². The molecule has 1 aliphatic heterocycles. The predicted octanol–water partition coefficient (Wildman–Crippen LogP) is 2.93. The van der Waals surface area contributed by atoms with Crippen LogP contribution in [0, 0.1) is 6.92 Å². The first-order valence-electron chi connectivity index (χ1n) is 9.67. The zero-order valence-electron chi connectivity index (χ0n) is 16.5. The highest BCUT2D eigenvalue weighted by Crippen LogP contribution is 2.19. The molecule has 0 spiro atoms. The van der Waals surface area contributed by atoms with Gasteiger partial charge >= 0.3 is 5.97 Å². The third kappa shape index (κ3) is 5.10. The summed E-state index contributed by atoms with van der Waals surface area (Å²) in [6, 6.07) is 14.9. The zero-order valence-corrected chi connectivity index (χ0v) is 16.5. The summed E-state index contributed by atoms with van der Waals surface area (Å²) in [4.78, 5) is 28.9. The quantitative estimate of drug-likeness (QED) is 0.780. The molecule has 6 nitrogen and oxygen atoms in total. The number of aryl methyl sites for hydroxylation is 1. The fourth-order valence-corrected chi connectivity index (χ4v) is 3.29. The molecule has 1 fully saturated rings. The Morgan fingerprint density at radius 3 is 2.32 bits per heavy atom. The maximum atomic E-state index is 12.1. The van der Waals surface area contributed by atoms with E-state index < -0.39 is 5.97 Å². The van der Waals surface area contributed by atoms with Crippen LogP contribution in [0.15, 0.2) is 48.5 Å². The number of esters is 1. The van der Waals surface area contributed by atoms with Gasteiger partial charge in [-0.15, -0.1) is 0 Å². The van der Waals surface area contributed by atoms with Gasteiger partial charge in [0.15, 0.2) is 6.61 Å². The summed E-state index contributed by atoms with van der Waals surface area (Å²) in [6.45, 7) is 8.96. The van der Waals surface area contributed by atoms with E-state index in [-0.39, 0.29) is 12.5 Å². The fraction of sp³-hybridized carbons (Fsp3) is 0.364. The third-order valence-corrected chi connectivity index (χ3v) is 5.04. The second-order valence-corrected chi connectivity index (χ2v) is 6.91. The van der Waals surface area contributed by atoms with Crippen LogP contribution in [-0.2, 0) is 9.53 Å². The van der Waals surface area contributed by atoms with Gasteiger partial charge in [-0.3, -0.25) is 4.79 Å². The minimum Gasteiger partial charge on any atom is -0.452 e. The van der Waals surface area contributed by atoms with Crippen molar-refractivity contribution >= 4 is 23.3 Å². The summed E-state index contributed by atoms with van der Waals surface area (Å²) >= 11 is 0. The topological polar surface area (TPSA) is 61.9 Å². The molecule has 1 N–H and O–H groups in total. The Labute approximate surface area is 166 Å². The van der Waals surface area contributed by atoms with Crippen LogP contribution in [0.2, 0.25) is 0 Å². The lowest BCUT2D eigenvalue weighted by Crippen LogP contribution is -2.46. The largest absolute Gasteiger partial charge is 0.452 e. The summed E-state index contributed by atoms with van der Waals surface area (Å²) in [5.74, 6) is -0.846. The first-order valence-corrected chi connectivity index (χ1v) is 9.67. The zero-order chi connectivity index (χ0) is 19.9. The van der Waals surface area contributed by atoms with Gasteiger partial charge in [0.2, 0.25) is 0 Å². The molecule has 0 radical (unpaired) electrons. The van der Waals surface area contributed by atoms with Crippen LogP contribution in [0.1, 0.15) is 22.8 Å². The lowest BCUT2D eigenvalue weighted by molar-refractivity contribution is -0.119. The van der Waals surface area contributed by atoms with Crippen LogP contribution in [0.25, 0.3) is 0 Å². The number of ether oxygens (including phenoxy) is 1. The van der Waals surface area contributed by atoms with E-state index in [1.54, 1.807) is 12.1 Å². The Kier molecular flexibility index (Phi) is 6.66. The van der Waals surface area contributed by atoms with E-state index in [2.05, 4.69) is 22.0 Å². The van der Waals surface area contributed by atoms with E-state index in [0.717, 1.165) is 44.0 Å². The van der Waals surface area contributed by atoms with Crippen molar-refractivity contribution in [3.63, 3.8) is 0 Å². The van der Waals surface area contributed by atoms with Crippen molar-refractivity contribution in [1.82, 2.24) is 4.90 Å². The van der Waals surface area contributed by atoms with Crippen molar-refractivity contribution in [3.05, 3.63) is 59.7 Å². The van der Waals surface area contributed by atoms with Gasteiger partial charge in [-0.1, -0.05) is 25.1 Å².